The number of Topliss-reactive ketones (excluding diaryl/α,β-unsaturated/α-hetero) is 1. The number of benzene rings is 2. The van der Waals surface area contributed by atoms with Crippen molar-refractivity contribution in [2.75, 3.05) is 5.32 Å². The molecule has 1 atom stereocenters. The van der Waals surface area contributed by atoms with E-state index in [0.29, 0.717) is 16.8 Å². The molecule has 0 aliphatic carbocycles. The van der Waals surface area contributed by atoms with Crippen molar-refractivity contribution in [3.05, 3.63) is 64.9 Å². The van der Waals surface area contributed by atoms with Gasteiger partial charge in [-0.2, -0.15) is 0 Å². The minimum atomic E-state index is -0.981. The highest BCUT2D eigenvalue weighted by Gasteiger charge is 2.20. The van der Waals surface area contributed by atoms with E-state index in [2.05, 4.69) is 5.32 Å². The van der Waals surface area contributed by atoms with Gasteiger partial charge in [0, 0.05) is 22.2 Å². The smallest absolute Gasteiger partial charge is 0.311 e. The van der Waals surface area contributed by atoms with Crippen molar-refractivity contribution in [1.29, 1.82) is 0 Å². The molecule has 1 amide bonds. The fourth-order valence-electron chi connectivity index (χ4n) is 2.98. The lowest BCUT2D eigenvalue weighted by Crippen LogP contribution is -2.30. The van der Waals surface area contributed by atoms with Crippen molar-refractivity contribution in [3.8, 4) is 0 Å². The number of fused-ring (bicyclic) bond motifs is 1. The highest BCUT2D eigenvalue weighted by molar-refractivity contribution is 5.98. The first-order valence-electron chi connectivity index (χ1n) is 9.33. The van der Waals surface area contributed by atoms with Gasteiger partial charge in [0.05, 0.1) is 12.7 Å². The van der Waals surface area contributed by atoms with Crippen LogP contribution in [0.3, 0.4) is 0 Å². The van der Waals surface area contributed by atoms with Gasteiger partial charge in [-0.25, -0.2) is 0 Å². The van der Waals surface area contributed by atoms with Crippen LogP contribution >= 0.6 is 0 Å². The molecule has 1 N–H and O–H groups in total. The average molecular weight is 393 g/mol. The average Bonchev–Trinajstić information content (AvgIpc) is 3.03. The first kappa shape index (κ1) is 20.3. The summed E-state index contributed by atoms with van der Waals surface area (Å²) in [5.74, 6) is -1.09. The van der Waals surface area contributed by atoms with Crippen molar-refractivity contribution in [1.82, 2.24) is 0 Å². The molecule has 0 saturated carbocycles. The molecule has 1 aromatic heterocycles. The Bertz CT molecular complexity index is 1100. The quantitative estimate of drug-likeness (QED) is 0.497. The highest BCUT2D eigenvalue weighted by atomic mass is 16.5. The summed E-state index contributed by atoms with van der Waals surface area (Å²) in [6.45, 7) is 6.95. The number of furan rings is 1. The van der Waals surface area contributed by atoms with E-state index in [1.54, 1.807) is 30.5 Å². The van der Waals surface area contributed by atoms with Gasteiger partial charge < -0.3 is 14.5 Å². The van der Waals surface area contributed by atoms with Crippen molar-refractivity contribution in [3.63, 3.8) is 0 Å². The van der Waals surface area contributed by atoms with Gasteiger partial charge in [-0.15, -0.1) is 0 Å². The molecule has 2 aromatic carbocycles. The Labute approximate surface area is 168 Å². The SMILES string of the molecule is CC(=O)c1cccc(NC(=O)C(C)OC(=O)Cc2coc3cc(C)c(C)cc23)c1. The zero-order chi connectivity index (χ0) is 21.1. The van der Waals surface area contributed by atoms with Crippen LogP contribution in [0.1, 0.15) is 40.9 Å². The molecule has 1 unspecified atom stereocenters. The van der Waals surface area contributed by atoms with Crippen LogP contribution in [0, 0.1) is 13.8 Å². The Morgan fingerprint density at radius 2 is 1.83 bits per heavy atom. The lowest BCUT2D eigenvalue weighted by molar-refractivity contribution is -0.152. The zero-order valence-electron chi connectivity index (χ0n) is 16.9. The van der Waals surface area contributed by atoms with E-state index in [4.69, 9.17) is 9.15 Å². The normalized spacial score (nSPS) is 11.9. The van der Waals surface area contributed by atoms with Crippen LogP contribution in [-0.2, 0) is 20.7 Å². The van der Waals surface area contributed by atoms with E-state index in [1.165, 1.54) is 13.8 Å². The molecule has 0 aliphatic rings. The molecular formula is C23H23NO5. The van der Waals surface area contributed by atoms with Crippen LogP contribution in [0.15, 0.2) is 47.1 Å². The van der Waals surface area contributed by atoms with Gasteiger partial charge in [-0.1, -0.05) is 12.1 Å². The summed E-state index contributed by atoms with van der Waals surface area (Å²) in [6, 6.07) is 10.5. The van der Waals surface area contributed by atoms with E-state index in [1.807, 2.05) is 26.0 Å². The molecule has 3 aromatic rings. The van der Waals surface area contributed by atoms with Crippen LogP contribution in [0.25, 0.3) is 11.0 Å². The second-order valence-corrected chi connectivity index (χ2v) is 7.13. The number of carbonyl (C=O) groups is 3. The number of ether oxygens (including phenoxy) is 1. The summed E-state index contributed by atoms with van der Waals surface area (Å²) in [7, 11) is 0. The Morgan fingerprint density at radius 1 is 1.10 bits per heavy atom. The fourth-order valence-corrected chi connectivity index (χ4v) is 2.98. The third kappa shape index (κ3) is 4.71. The van der Waals surface area contributed by atoms with Crippen molar-refractivity contribution in [2.45, 2.75) is 40.2 Å². The van der Waals surface area contributed by atoms with Crippen molar-refractivity contribution < 1.29 is 23.5 Å². The minimum absolute atomic E-state index is 0.00689. The van der Waals surface area contributed by atoms with Gasteiger partial charge in [0.25, 0.3) is 5.91 Å². The molecule has 0 aliphatic heterocycles. The number of amides is 1. The lowest BCUT2D eigenvalue weighted by atomic mass is 10.0. The van der Waals surface area contributed by atoms with Gasteiger partial charge in [-0.05, 0) is 63.1 Å². The lowest BCUT2D eigenvalue weighted by Gasteiger charge is -2.14. The molecule has 150 valence electrons. The van der Waals surface area contributed by atoms with Gasteiger partial charge in [-0.3, -0.25) is 14.4 Å². The zero-order valence-corrected chi connectivity index (χ0v) is 16.9. The molecule has 0 spiro atoms. The molecule has 6 nitrogen and oxygen atoms in total. The van der Waals surface area contributed by atoms with Crippen LogP contribution in [-0.4, -0.2) is 23.8 Å². The predicted molar refractivity (Wildman–Crippen MR) is 110 cm³/mol. The Hall–Kier alpha value is -3.41. The second kappa shape index (κ2) is 8.31. The van der Waals surface area contributed by atoms with E-state index in [-0.39, 0.29) is 12.2 Å². The third-order valence-corrected chi connectivity index (χ3v) is 4.82. The Kier molecular flexibility index (Phi) is 5.82. The summed E-state index contributed by atoms with van der Waals surface area (Å²) in [5, 5.41) is 3.52. The topological polar surface area (TPSA) is 85.6 Å². The summed E-state index contributed by atoms with van der Waals surface area (Å²) >= 11 is 0. The van der Waals surface area contributed by atoms with Crippen LogP contribution in [0.5, 0.6) is 0 Å². The summed E-state index contributed by atoms with van der Waals surface area (Å²) < 4.78 is 10.8. The van der Waals surface area contributed by atoms with Crippen molar-refractivity contribution >= 4 is 34.3 Å². The molecule has 1 heterocycles. The fraction of sp³-hybridized carbons (Fsp3) is 0.261. The molecule has 0 radical (unpaired) electrons. The number of aryl methyl sites for hydroxylation is 2. The molecule has 0 fully saturated rings. The Balaban J connectivity index is 1.63. The van der Waals surface area contributed by atoms with Gasteiger partial charge in [0.15, 0.2) is 11.9 Å². The largest absolute Gasteiger partial charge is 0.464 e. The maximum absolute atomic E-state index is 12.3. The number of anilines is 1. The number of hydrogen-bond acceptors (Lipinski definition) is 5. The standard InChI is InChI=1S/C23H23NO5/c1-13-8-20-18(12-28-21(20)9-14(13)2)11-22(26)29-16(4)23(27)24-19-7-5-6-17(10-19)15(3)25/h5-10,12,16H,11H2,1-4H3,(H,24,27). The van der Waals surface area contributed by atoms with E-state index in [0.717, 1.165) is 22.1 Å². The molecule has 0 saturated heterocycles. The number of ketones is 1. The number of hydrogen-bond donors (Lipinski definition) is 1. The highest BCUT2D eigenvalue weighted by Crippen LogP contribution is 2.25. The molecule has 3 rings (SSSR count). The number of carbonyl (C=O) groups excluding carboxylic acids is 3. The number of esters is 1. The number of nitrogens with one attached hydrogen (secondary N) is 1. The van der Waals surface area contributed by atoms with Crippen LogP contribution in [0.2, 0.25) is 0 Å². The maximum Gasteiger partial charge on any atom is 0.311 e. The second-order valence-electron chi connectivity index (χ2n) is 7.13. The third-order valence-electron chi connectivity index (χ3n) is 4.82. The van der Waals surface area contributed by atoms with Crippen LogP contribution < -0.4 is 5.32 Å². The van der Waals surface area contributed by atoms with Gasteiger partial charge in [0.2, 0.25) is 0 Å². The van der Waals surface area contributed by atoms with E-state index < -0.39 is 18.0 Å². The summed E-state index contributed by atoms with van der Waals surface area (Å²) in [4.78, 5) is 36.1. The Morgan fingerprint density at radius 3 is 2.55 bits per heavy atom. The molecule has 6 heteroatoms. The molecule has 29 heavy (non-hydrogen) atoms. The minimum Gasteiger partial charge on any atom is -0.464 e. The van der Waals surface area contributed by atoms with Crippen LogP contribution in [0.4, 0.5) is 5.69 Å². The van der Waals surface area contributed by atoms with Gasteiger partial charge in [0.1, 0.15) is 5.58 Å². The first-order chi connectivity index (χ1) is 13.7. The summed E-state index contributed by atoms with van der Waals surface area (Å²) in [5.41, 5.74) is 4.61. The molecule has 0 bridgehead atoms. The van der Waals surface area contributed by atoms with Gasteiger partial charge >= 0.3 is 5.97 Å². The predicted octanol–water partition coefficient (Wildman–Crippen LogP) is 4.37. The maximum atomic E-state index is 12.3. The summed E-state index contributed by atoms with van der Waals surface area (Å²) in [6.07, 6.45) is 0.570. The number of rotatable bonds is 6. The molecular weight excluding hydrogens is 370 g/mol. The van der Waals surface area contributed by atoms with E-state index in [9.17, 15) is 14.4 Å². The monoisotopic (exact) mass is 393 g/mol. The first-order valence-corrected chi connectivity index (χ1v) is 9.33. The van der Waals surface area contributed by atoms with E-state index >= 15 is 0 Å². The van der Waals surface area contributed by atoms with Crippen molar-refractivity contribution in [2.24, 2.45) is 0 Å².